The Morgan fingerprint density at radius 3 is 3.27 bits per heavy atom. The second-order valence-electron chi connectivity index (χ2n) is 2.36. The zero-order valence-electron chi connectivity index (χ0n) is 6.36. The lowest BCUT2D eigenvalue weighted by molar-refractivity contribution is -0.112. The molecule has 3 heteroatoms. The van der Waals surface area contributed by atoms with Gasteiger partial charge in [0.25, 0.3) is 0 Å². The van der Waals surface area contributed by atoms with Gasteiger partial charge in [0.15, 0.2) is 6.29 Å². The lowest BCUT2D eigenvalue weighted by atomic mass is 10.3. The van der Waals surface area contributed by atoms with Gasteiger partial charge < -0.3 is 4.90 Å². The van der Waals surface area contributed by atoms with Crippen LogP contribution >= 0.6 is 0 Å². The van der Waals surface area contributed by atoms with Gasteiger partial charge in [-0.3, -0.25) is 10.1 Å². The summed E-state index contributed by atoms with van der Waals surface area (Å²) < 4.78 is 0. The van der Waals surface area contributed by atoms with E-state index in [1.807, 2.05) is 17.2 Å². The molecule has 1 N–H and O–H groups in total. The molecule has 11 heavy (non-hydrogen) atoms. The van der Waals surface area contributed by atoms with Crippen LogP contribution in [0.25, 0.3) is 0 Å². The van der Waals surface area contributed by atoms with Gasteiger partial charge in [0, 0.05) is 13.1 Å². The minimum atomic E-state index is -0.182. The summed E-state index contributed by atoms with van der Waals surface area (Å²) in [4.78, 5) is 12.4. The maximum atomic E-state index is 10.5. The lowest BCUT2D eigenvalue weighted by Gasteiger charge is -2.28. The molecule has 0 aliphatic carbocycles. The van der Waals surface area contributed by atoms with Gasteiger partial charge in [-0.2, -0.15) is 0 Å². The molecule has 0 aromatic heterocycles. The molecule has 1 unspecified atom stereocenters. The van der Waals surface area contributed by atoms with Crippen molar-refractivity contribution in [3.63, 3.8) is 0 Å². The first-order valence-electron chi connectivity index (χ1n) is 3.60. The first kappa shape index (κ1) is 8.01. The molecular weight excluding hydrogens is 140 g/mol. The zero-order valence-corrected chi connectivity index (χ0v) is 6.36. The molecule has 0 saturated heterocycles. The Bertz CT molecular complexity index is 177. The normalized spacial score (nSPS) is 23.3. The Labute approximate surface area is 66.4 Å². The Morgan fingerprint density at radius 1 is 1.82 bits per heavy atom. The van der Waals surface area contributed by atoms with Crippen LogP contribution in [-0.2, 0) is 4.79 Å². The van der Waals surface area contributed by atoms with Gasteiger partial charge in [0.05, 0.1) is 0 Å². The molecule has 1 atom stereocenters. The molecule has 0 radical (unpaired) electrons. The fourth-order valence-electron chi connectivity index (χ4n) is 1.04. The molecular formula is C8H12N2O. The van der Waals surface area contributed by atoms with Crippen LogP contribution in [0.1, 0.15) is 0 Å². The van der Waals surface area contributed by atoms with E-state index in [4.69, 9.17) is 0 Å². The summed E-state index contributed by atoms with van der Waals surface area (Å²) >= 11 is 0. The SMILES string of the molecule is C=CCN1C=CCNC1C=O. The average molecular weight is 152 g/mol. The Hall–Kier alpha value is -1.09. The third kappa shape index (κ3) is 1.91. The van der Waals surface area contributed by atoms with Crippen molar-refractivity contribution >= 4 is 6.29 Å². The number of hydrogen-bond donors (Lipinski definition) is 1. The zero-order chi connectivity index (χ0) is 8.10. The van der Waals surface area contributed by atoms with Gasteiger partial charge in [-0.25, -0.2) is 0 Å². The van der Waals surface area contributed by atoms with Gasteiger partial charge in [-0.1, -0.05) is 12.2 Å². The first-order valence-corrected chi connectivity index (χ1v) is 3.60. The predicted molar refractivity (Wildman–Crippen MR) is 43.9 cm³/mol. The van der Waals surface area contributed by atoms with E-state index < -0.39 is 0 Å². The van der Waals surface area contributed by atoms with E-state index in [2.05, 4.69) is 11.9 Å². The Kier molecular flexibility index (Phi) is 2.86. The van der Waals surface area contributed by atoms with E-state index in [0.717, 1.165) is 12.8 Å². The van der Waals surface area contributed by atoms with Crippen LogP contribution in [0.5, 0.6) is 0 Å². The average Bonchev–Trinajstić information content (AvgIpc) is 2.06. The largest absolute Gasteiger partial charge is 0.353 e. The van der Waals surface area contributed by atoms with E-state index >= 15 is 0 Å². The summed E-state index contributed by atoms with van der Waals surface area (Å²) in [6, 6.07) is 0. The number of carbonyl (C=O) groups is 1. The minimum Gasteiger partial charge on any atom is -0.353 e. The molecule has 1 heterocycles. The van der Waals surface area contributed by atoms with Crippen molar-refractivity contribution in [3.05, 3.63) is 24.9 Å². The van der Waals surface area contributed by atoms with Crippen LogP contribution in [0.3, 0.4) is 0 Å². The number of nitrogens with one attached hydrogen (secondary N) is 1. The van der Waals surface area contributed by atoms with Crippen LogP contribution in [-0.4, -0.2) is 30.4 Å². The number of hydrogen-bond acceptors (Lipinski definition) is 3. The summed E-state index contributed by atoms with van der Waals surface area (Å²) in [5.41, 5.74) is 0. The van der Waals surface area contributed by atoms with Crippen LogP contribution in [0.15, 0.2) is 24.9 Å². The molecule has 0 saturated carbocycles. The third-order valence-electron chi connectivity index (χ3n) is 1.57. The minimum absolute atomic E-state index is 0.182. The van der Waals surface area contributed by atoms with Crippen molar-refractivity contribution in [2.75, 3.05) is 13.1 Å². The molecule has 3 nitrogen and oxygen atoms in total. The molecule has 1 aliphatic heterocycles. The van der Waals surface area contributed by atoms with Gasteiger partial charge in [-0.05, 0) is 6.20 Å². The molecule has 0 fully saturated rings. The molecule has 60 valence electrons. The van der Waals surface area contributed by atoms with Crippen molar-refractivity contribution in [2.45, 2.75) is 6.17 Å². The molecule has 1 aliphatic rings. The first-order chi connectivity index (χ1) is 5.38. The van der Waals surface area contributed by atoms with Gasteiger partial charge in [-0.15, -0.1) is 6.58 Å². The van der Waals surface area contributed by atoms with Gasteiger partial charge in [0.1, 0.15) is 6.17 Å². The second kappa shape index (κ2) is 3.93. The Balaban J connectivity index is 2.56. The second-order valence-corrected chi connectivity index (χ2v) is 2.36. The summed E-state index contributed by atoms with van der Waals surface area (Å²) in [6.45, 7) is 5.07. The summed E-state index contributed by atoms with van der Waals surface area (Å²) in [7, 11) is 0. The van der Waals surface area contributed by atoms with Crippen LogP contribution < -0.4 is 5.32 Å². The maximum absolute atomic E-state index is 10.5. The van der Waals surface area contributed by atoms with Crippen LogP contribution in [0.4, 0.5) is 0 Å². The molecule has 0 spiro atoms. The highest BCUT2D eigenvalue weighted by atomic mass is 16.1. The smallest absolute Gasteiger partial charge is 0.157 e. The maximum Gasteiger partial charge on any atom is 0.157 e. The quantitative estimate of drug-likeness (QED) is 0.460. The van der Waals surface area contributed by atoms with Crippen molar-refractivity contribution in [1.82, 2.24) is 10.2 Å². The van der Waals surface area contributed by atoms with Crippen LogP contribution in [0.2, 0.25) is 0 Å². The van der Waals surface area contributed by atoms with Crippen molar-refractivity contribution in [1.29, 1.82) is 0 Å². The van der Waals surface area contributed by atoms with Crippen LogP contribution in [0, 0.1) is 0 Å². The van der Waals surface area contributed by atoms with Crippen molar-refractivity contribution < 1.29 is 4.79 Å². The van der Waals surface area contributed by atoms with E-state index in [1.165, 1.54) is 0 Å². The fourth-order valence-corrected chi connectivity index (χ4v) is 1.04. The predicted octanol–water partition coefficient (Wildman–Crippen LogP) is 0.116. The highest BCUT2D eigenvalue weighted by Gasteiger charge is 2.13. The van der Waals surface area contributed by atoms with E-state index in [0.29, 0.717) is 6.54 Å². The number of rotatable bonds is 3. The molecule has 0 bridgehead atoms. The highest BCUT2D eigenvalue weighted by Crippen LogP contribution is 1.99. The van der Waals surface area contributed by atoms with Gasteiger partial charge >= 0.3 is 0 Å². The Morgan fingerprint density at radius 2 is 2.64 bits per heavy atom. The molecule has 0 amide bonds. The summed E-state index contributed by atoms with van der Waals surface area (Å²) in [5, 5.41) is 3.03. The highest BCUT2D eigenvalue weighted by molar-refractivity contribution is 5.57. The van der Waals surface area contributed by atoms with E-state index in [-0.39, 0.29) is 6.17 Å². The number of aldehydes is 1. The number of carbonyl (C=O) groups excluding carboxylic acids is 1. The summed E-state index contributed by atoms with van der Waals surface area (Å²) in [6.07, 6.45) is 6.37. The van der Waals surface area contributed by atoms with Gasteiger partial charge in [0.2, 0.25) is 0 Å². The standard InChI is InChI=1S/C8H12N2O/c1-2-5-10-6-3-4-9-8(10)7-11/h2-3,6-9H,1,4-5H2. The van der Waals surface area contributed by atoms with Crippen molar-refractivity contribution in [2.24, 2.45) is 0 Å². The third-order valence-corrected chi connectivity index (χ3v) is 1.57. The topological polar surface area (TPSA) is 32.3 Å². The monoisotopic (exact) mass is 152 g/mol. The molecule has 1 rings (SSSR count). The lowest BCUT2D eigenvalue weighted by Crippen LogP contribution is -2.46. The van der Waals surface area contributed by atoms with Crippen molar-refractivity contribution in [3.8, 4) is 0 Å². The van der Waals surface area contributed by atoms with E-state index in [1.54, 1.807) is 6.08 Å². The summed E-state index contributed by atoms with van der Waals surface area (Å²) in [5.74, 6) is 0. The molecule has 0 aromatic carbocycles. The number of nitrogens with zero attached hydrogens (tertiary/aromatic N) is 1. The molecule has 0 aromatic rings. The fraction of sp³-hybridized carbons (Fsp3) is 0.375. The van der Waals surface area contributed by atoms with E-state index in [9.17, 15) is 4.79 Å².